The fraction of sp³-hybridized carbons (Fsp3) is 0.487. The van der Waals surface area contributed by atoms with Gasteiger partial charge in [-0.05, 0) is 80.5 Å². The van der Waals surface area contributed by atoms with Crippen molar-refractivity contribution >= 4 is 47.2 Å². The Bertz CT molecular complexity index is 1520. The highest BCUT2D eigenvalue weighted by atomic mass is 35.5. The first-order valence-electron chi connectivity index (χ1n) is 18.1. The molecule has 0 fully saturated rings. The molecule has 0 aliphatic heterocycles. The maximum absolute atomic E-state index is 11.1. The summed E-state index contributed by atoms with van der Waals surface area (Å²) < 4.78 is 5.47. The van der Waals surface area contributed by atoms with Crippen LogP contribution in [0.5, 0.6) is 11.5 Å². The molecule has 4 N–H and O–H groups in total. The molecule has 0 amide bonds. The molecule has 0 saturated carbocycles. The molecule has 0 spiro atoms. The predicted molar refractivity (Wildman–Crippen MR) is 207 cm³/mol. The molecular weight excluding hydrogens is 740 g/mol. The number of carboxylic acids is 4. The fourth-order valence-electron chi connectivity index (χ4n) is 4.57. The summed E-state index contributed by atoms with van der Waals surface area (Å²) in [6.07, 6.45) is 16.6. The molecule has 2 aromatic rings. The topological polar surface area (TPSA) is 245 Å². The highest BCUT2D eigenvalue weighted by molar-refractivity contribution is 6.30. The summed E-state index contributed by atoms with van der Waals surface area (Å²) in [4.78, 5) is 61.0. The number of nitro benzene ring substituents is 1. The van der Waals surface area contributed by atoms with E-state index < -0.39 is 28.8 Å². The predicted octanol–water partition coefficient (Wildman–Crippen LogP) is 9.67. The van der Waals surface area contributed by atoms with Gasteiger partial charge >= 0.3 is 29.6 Å². The van der Waals surface area contributed by atoms with Gasteiger partial charge in [0.15, 0.2) is 0 Å². The molecule has 2 aromatic carbocycles. The van der Waals surface area contributed by atoms with Gasteiger partial charge in [-0.15, -0.1) is 11.8 Å². The van der Waals surface area contributed by atoms with E-state index in [4.69, 9.17) is 36.8 Å². The molecule has 0 radical (unpaired) electrons. The molecule has 0 aromatic heterocycles. The quantitative estimate of drug-likeness (QED) is 0.0241. The van der Waals surface area contributed by atoms with Crippen molar-refractivity contribution in [1.82, 2.24) is 0 Å². The van der Waals surface area contributed by atoms with Crippen LogP contribution in [0.2, 0.25) is 5.02 Å². The average Bonchev–Trinajstić information content (AvgIpc) is 3.11. The molecular formula is C39H51ClN2O13. The number of nitrogens with zero attached hydrogens (tertiary/aromatic N) is 2. The van der Waals surface area contributed by atoms with Gasteiger partial charge in [-0.3, -0.25) is 34.6 Å². The van der Waals surface area contributed by atoms with Crippen molar-refractivity contribution in [1.29, 1.82) is 0 Å². The van der Waals surface area contributed by atoms with E-state index in [-0.39, 0.29) is 42.2 Å². The largest absolute Gasteiger partial charge is 0.481 e. The van der Waals surface area contributed by atoms with E-state index >= 15 is 0 Å². The van der Waals surface area contributed by atoms with Crippen molar-refractivity contribution in [3.63, 3.8) is 0 Å². The van der Waals surface area contributed by atoms with Crippen LogP contribution in [0, 0.1) is 32.1 Å². The van der Waals surface area contributed by atoms with E-state index in [1.165, 1.54) is 24.3 Å². The second-order valence-electron chi connectivity index (χ2n) is 12.1. The van der Waals surface area contributed by atoms with Gasteiger partial charge in [0, 0.05) is 60.6 Å². The summed E-state index contributed by atoms with van der Waals surface area (Å²) in [7, 11) is 0. The number of hydrogen-bond donors (Lipinski definition) is 4. The van der Waals surface area contributed by atoms with Crippen molar-refractivity contribution in [3.05, 3.63) is 79.4 Å². The molecule has 0 aliphatic carbocycles. The lowest BCUT2D eigenvalue weighted by atomic mass is 10.1. The Balaban J connectivity index is 0.000000843. The summed E-state index contributed by atoms with van der Waals surface area (Å²) in [6, 6.07) is 10.6. The van der Waals surface area contributed by atoms with E-state index in [1.807, 2.05) is 0 Å². The van der Waals surface area contributed by atoms with Crippen LogP contribution in [0.1, 0.15) is 121 Å². The molecule has 0 aliphatic rings. The van der Waals surface area contributed by atoms with Gasteiger partial charge in [-0.1, -0.05) is 56.2 Å². The Hall–Kier alpha value is -5.49. The number of benzene rings is 2. The first-order valence-corrected chi connectivity index (χ1v) is 18.4. The maximum Gasteiger partial charge on any atom is 0.328 e. The van der Waals surface area contributed by atoms with Crippen LogP contribution in [-0.2, 0) is 19.2 Å². The third-order valence-electron chi connectivity index (χ3n) is 7.38. The molecule has 2 rings (SSSR count). The lowest BCUT2D eigenvalue weighted by Crippen LogP contribution is -2.00. The zero-order valence-corrected chi connectivity index (χ0v) is 31.6. The minimum Gasteiger partial charge on any atom is -0.481 e. The number of halogens is 1. The van der Waals surface area contributed by atoms with Crippen LogP contribution in [0.15, 0.2) is 48.5 Å². The van der Waals surface area contributed by atoms with Crippen LogP contribution in [0.3, 0.4) is 0 Å². The van der Waals surface area contributed by atoms with E-state index in [0.29, 0.717) is 35.6 Å². The Kier molecular flexibility index (Phi) is 28.8. The van der Waals surface area contributed by atoms with Crippen LogP contribution in [-0.4, -0.2) is 60.7 Å². The standard InChI is InChI=1S/C18H30O4.C15H10ClNO5.C6H11NO4/c19-17(20)15-13-11-9-7-5-3-1-2-4-6-8-10-12-14-16-18(21)22;16-11-3-5-12(6-4-11)22-14-7-1-10(2-8-15(18)19)9-13(14)17(20)21;8-6(9)4-2-1-3-5-7(10)11/h3-16H2,(H,19,20)(H,21,22);1-9H,(H,18,19);1-5H2,(H,8,9). The Labute approximate surface area is 325 Å². The van der Waals surface area contributed by atoms with Gasteiger partial charge < -0.3 is 25.2 Å². The molecule has 0 saturated heterocycles. The average molecular weight is 791 g/mol. The second kappa shape index (κ2) is 32.0. The molecule has 0 unspecified atom stereocenters. The number of hydrogen-bond acceptors (Lipinski definition) is 9. The number of ether oxygens (including phenoxy) is 1. The molecule has 0 bridgehead atoms. The minimum absolute atomic E-state index is 0.0554. The molecule has 0 atom stereocenters. The van der Waals surface area contributed by atoms with Crippen LogP contribution >= 0.6 is 11.6 Å². The van der Waals surface area contributed by atoms with Crippen molar-refractivity contribution < 1.29 is 54.2 Å². The summed E-state index contributed by atoms with van der Waals surface area (Å²) in [5, 5.41) is 55.2. The van der Waals surface area contributed by atoms with Gasteiger partial charge in [-0.2, -0.15) is 0 Å². The van der Waals surface area contributed by atoms with Crippen molar-refractivity contribution in [2.24, 2.45) is 0 Å². The van der Waals surface area contributed by atoms with Crippen LogP contribution in [0.25, 0.3) is 6.08 Å². The normalized spacial score (nSPS) is 10.1. The summed E-state index contributed by atoms with van der Waals surface area (Å²) in [6.45, 7) is -0.0559. The highest BCUT2D eigenvalue weighted by Gasteiger charge is 2.16. The van der Waals surface area contributed by atoms with Gasteiger partial charge in [0.05, 0.1) is 4.92 Å². The monoisotopic (exact) mass is 790 g/mol. The lowest BCUT2D eigenvalue weighted by molar-refractivity contribution is -0.480. The Morgan fingerprint density at radius 1 is 0.655 bits per heavy atom. The van der Waals surface area contributed by atoms with Gasteiger partial charge in [0.2, 0.25) is 12.3 Å². The van der Waals surface area contributed by atoms with Gasteiger partial charge in [-0.25, -0.2) is 4.79 Å². The number of nitro groups is 2. The molecule has 16 heteroatoms. The number of unbranched alkanes of at least 4 members (excludes halogenated alkanes) is 12. The summed E-state index contributed by atoms with van der Waals surface area (Å²) in [5.74, 6) is 3.46. The number of aliphatic carboxylic acids is 4. The van der Waals surface area contributed by atoms with E-state index in [9.17, 15) is 39.4 Å². The smallest absolute Gasteiger partial charge is 0.328 e. The molecule has 302 valence electrons. The van der Waals surface area contributed by atoms with Crippen molar-refractivity contribution in [3.8, 4) is 23.3 Å². The molecule has 55 heavy (non-hydrogen) atoms. The molecule has 0 heterocycles. The lowest BCUT2D eigenvalue weighted by Gasteiger charge is -2.07. The number of rotatable bonds is 25. The fourth-order valence-corrected chi connectivity index (χ4v) is 4.70. The SMILES string of the molecule is O=C(O)C=Cc1ccc(Oc2ccc(Cl)cc2)c([N+](=O)[O-])c1.O=C(O)CCCCCCCC#CCCCCCCCC(=O)O.O=C(O)CCCCC[N+](=O)[O-]. The number of carbonyl (C=O) groups is 4. The maximum atomic E-state index is 11.1. The van der Waals surface area contributed by atoms with Crippen molar-refractivity contribution in [2.75, 3.05) is 6.54 Å². The van der Waals surface area contributed by atoms with E-state index in [1.54, 1.807) is 24.3 Å². The zero-order chi connectivity index (χ0) is 41.3. The summed E-state index contributed by atoms with van der Waals surface area (Å²) in [5.41, 5.74) is 0.125. The van der Waals surface area contributed by atoms with Crippen LogP contribution < -0.4 is 4.74 Å². The molecule has 15 nitrogen and oxygen atoms in total. The second-order valence-corrected chi connectivity index (χ2v) is 12.6. The van der Waals surface area contributed by atoms with Gasteiger partial charge in [0.25, 0.3) is 0 Å². The number of carboxylic acid groups (broad SMARTS) is 4. The third kappa shape index (κ3) is 31.7. The van der Waals surface area contributed by atoms with Gasteiger partial charge in [0.1, 0.15) is 5.75 Å². The summed E-state index contributed by atoms with van der Waals surface area (Å²) >= 11 is 5.76. The highest BCUT2D eigenvalue weighted by Crippen LogP contribution is 2.33. The minimum atomic E-state index is -1.14. The Morgan fingerprint density at radius 3 is 1.55 bits per heavy atom. The van der Waals surface area contributed by atoms with Crippen LogP contribution in [0.4, 0.5) is 5.69 Å². The van der Waals surface area contributed by atoms with E-state index in [2.05, 4.69) is 11.8 Å². The first kappa shape index (κ1) is 49.5. The zero-order valence-electron chi connectivity index (χ0n) is 30.9. The third-order valence-corrected chi connectivity index (χ3v) is 7.63. The first-order chi connectivity index (χ1) is 26.2. The van der Waals surface area contributed by atoms with Crippen molar-refractivity contribution in [2.45, 2.75) is 116 Å². The Morgan fingerprint density at radius 2 is 1.11 bits per heavy atom. The van der Waals surface area contributed by atoms with E-state index in [0.717, 1.165) is 83.1 Å².